The minimum absolute atomic E-state index is 0.231. The highest BCUT2D eigenvalue weighted by atomic mass is 16.4. The number of aliphatic carboxylic acids is 1. The molecule has 2 aromatic carbocycles. The maximum Gasteiger partial charge on any atom is 0.330 e. The van der Waals surface area contributed by atoms with Gasteiger partial charge in [0.2, 0.25) is 0 Å². The molecular formula is C20H22N2O4. The van der Waals surface area contributed by atoms with Crippen LogP contribution in [0.15, 0.2) is 42.5 Å². The number of hydrogen-bond donors (Lipinski definition) is 2. The molecule has 6 heteroatoms. The van der Waals surface area contributed by atoms with Crippen LogP contribution in [0.2, 0.25) is 0 Å². The van der Waals surface area contributed by atoms with E-state index in [2.05, 4.69) is 5.32 Å². The average molecular weight is 354 g/mol. The van der Waals surface area contributed by atoms with Crippen molar-refractivity contribution in [3.8, 4) is 0 Å². The quantitative estimate of drug-likeness (QED) is 0.864. The summed E-state index contributed by atoms with van der Waals surface area (Å²) in [5.41, 5.74) is 2.89. The van der Waals surface area contributed by atoms with E-state index in [0.29, 0.717) is 11.1 Å². The SMILES string of the molecule is Cc1cccc(C(NC(=O)c2cccc(C(=O)N(C)C)c2)C(=O)O)c1C. The normalized spacial score (nSPS) is 11.5. The topological polar surface area (TPSA) is 86.7 Å². The van der Waals surface area contributed by atoms with Gasteiger partial charge in [0, 0.05) is 25.2 Å². The molecule has 1 atom stereocenters. The van der Waals surface area contributed by atoms with Gasteiger partial charge in [-0.05, 0) is 48.7 Å². The highest BCUT2D eigenvalue weighted by molar-refractivity contribution is 6.00. The van der Waals surface area contributed by atoms with E-state index in [9.17, 15) is 19.5 Å². The van der Waals surface area contributed by atoms with Crippen LogP contribution in [0.5, 0.6) is 0 Å². The van der Waals surface area contributed by atoms with Gasteiger partial charge in [-0.25, -0.2) is 4.79 Å². The number of carboxylic acid groups (broad SMARTS) is 1. The Morgan fingerprint density at radius 2 is 1.62 bits per heavy atom. The molecule has 6 nitrogen and oxygen atoms in total. The minimum atomic E-state index is -1.17. The number of rotatable bonds is 5. The van der Waals surface area contributed by atoms with Crippen LogP contribution in [-0.4, -0.2) is 41.9 Å². The third kappa shape index (κ3) is 4.08. The number of carbonyl (C=O) groups excluding carboxylic acids is 2. The number of nitrogens with one attached hydrogen (secondary N) is 1. The van der Waals surface area contributed by atoms with E-state index >= 15 is 0 Å². The second kappa shape index (κ2) is 7.82. The zero-order valence-corrected chi connectivity index (χ0v) is 15.2. The lowest BCUT2D eigenvalue weighted by molar-refractivity contribution is -0.139. The second-order valence-electron chi connectivity index (χ2n) is 6.31. The number of aryl methyl sites for hydroxylation is 1. The van der Waals surface area contributed by atoms with Gasteiger partial charge in [0.15, 0.2) is 6.04 Å². The lowest BCUT2D eigenvalue weighted by Gasteiger charge is -2.18. The van der Waals surface area contributed by atoms with Gasteiger partial charge in [0.25, 0.3) is 11.8 Å². The van der Waals surface area contributed by atoms with Crippen LogP contribution in [0.1, 0.15) is 43.4 Å². The summed E-state index contributed by atoms with van der Waals surface area (Å²) in [7, 11) is 3.24. The van der Waals surface area contributed by atoms with Gasteiger partial charge in [-0.3, -0.25) is 9.59 Å². The molecule has 2 amide bonds. The van der Waals surface area contributed by atoms with E-state index in [1.165, 1.54) is 11.0 Å². The molecule has 2 N–H and O–H groups in total. The average Bonchev–Trinajstić information content (AvgIpc) is 2.61. The summed E-state index contributed by atoms with van der Waals surface area (Å²) in [5, 5.41) is 12.1. The molecular weight excluding hydrogens is 332 g/mol. The van der Waals surface area contributed by atoms with Crippen molar-refractivity contribution >= 4 is 17.8 Å². The van der Waals surface area contributed by atoms with Crippen LogP contribution in [0.4, 0.5) is 0 Å². The predicted molar refractivity (Wildman–Crippen MR) is 98.2 cm³/mol. The van der Waals surface area contributed by atoms with E-state index < -0.39 is 17.9 Å². The van der Waals surface area contributed by atoms with Crippen molar-refractivity contribution in [3.63, 3.8) is 0 Å². The van der Waals surface area contributed by atoms with E-state index in [1.54, 1.807) is 44.4 Å². The Kier molecular flexibility index (Phi) is 5.77. The number of nitrogens with zero attached hydrogens (tertiary/aromatic N) is 1. The lowest BCUT2D eigenvalue weighted by Crippen LogP contribution is -2.34. The first kappa shape index (κ1) is 19.2. The van der Waals surface area contributed by atoms with Crippen molar-refractivity contribution < 1.29 is 19.5 Å². The molecule has 0 fully saturated rings. The predicted octanol–water partition coefficient (Wildman–Crippen LogP) is 2.56. The first-order valence-corrected chi connectivity index (χ1v) is 8.14. The molecule has 0 aliphatic carbocycles. The Morgan fingerprint density at radius 1 is 1.00 bits per heavy atom. The molecule has 0 saturated carbocycles. The molecule has 1 unspecified atom stereocenters. The van der Waals surface area contributed by atoms with Crippen LogP contribution in [-0.2, 0) is 4.79 Å². The maximum atomic E-state index is 12.6. The first-order chi connectivity index (χ1) is 12.2. The summed E-state index contributed by atoms with van der Waals surface area (Å²) in [4.78, 5) is 37.8. The maximum absolute atomic E-state index is 12.6. The highest BCUT2D eigenvalue weighted by Gasteiger charge is 2.25. The Morgan fingerprint density at radius 3 is 2.23 bits per heavy atom. The lowest BCUT2D eigenvalue weighted by atomic mass is 9.97. The van der Waals surface area contributed by atoms with Crippen molar-refractivity contribution in [2.45, 2.75) is 19.9 Å². The summed E-state index contributed by atoms with van der Waals surface area (Å²) in [6, 6.07) is 10.4. The standard InChI is InChI=1S/C20H22N2O4/c1-12-7-5-10-16(13(12)2)17(20(25)26)21-18(23)14-8-6-9-15(11-14)19(24)22(3)4/h5-11,17H,1-4H3,(H,21,23)(H,25,26). The fourth-order valence-electron chi connectivity index (χ4n) is 2.63. The number of benzene rings is 2. The Balaban J connectivity index is 2.32. The molecule has 2 rings (SSSR count). The molecule has 136 valence electrons. The molecule has 0 spiro atoms. The molecule has 26 heavy (non-hydrogen) atoms. The number of carbonyl (C=O) groups is 3. The van der Waals surface area contributed by atoms with Gasteiger partial charge in [-0.15, -0.1) is 0 Å². The first-order valence-electron chi connectivity index (χ1n) is 8.14. The zero-order valence-electron chi connectivity index (χ0n) is 15.2. The van der Waals surface area contributed by atoms with Crippen LogP contribution in [0, 0.1) is 13.8 Å². The van der Waals surface area contributed by atoms with Gasteiger partial charge in [0.05, 0.1) is 0 Å². The molecule has 0 aliphatic rings. The minimum Gasteiger partial charge on any atom is -0.479 e. The summed E-state index contributed by atoms with van der Waals surface area (Å²) < 4.78 is 0. The number of amides is 2. The van der Waals surface area contributed by atoms with Crippen molar-refractivity contribution in [2.24, 2.45) is 0 Å². The van der Waals surface area contributed by atoms with Crippen molar-refractivity contribution in [3.05, 3.63) is 70.3 Å². The van der Waals surface area contributed by atoms with Gasteiger partial charge in [-0.1, -0.05) is 24.3 Å². The fourth-order valence-corrected chi connectivity index (χ4v) is 2.63. The molecule has 0 heterocycles. The van der Waals surface area contributed by atoms with E-state index in [4.69, 9.17) is 0 Å². The van der Waals surface area contributed by atoms with Crippen LogP contribution in [0.3, 0.4) is 0 Å². The van der Waals surface area contributed by atoms with Crippen molar-refractivity contribution in [1.29, 1.82) is 0 Å². The van der Waals surface area contributed by atoms with Crippen molar-refractivity contribution in [2.75, 3.05) is 14.1 Å². The Hall–Kier alpha value is -3.15. The van der Waals surface area contributed by atoms with Crippen molar-refractivity contribution in [1.82, 2.24) is 10.2 Å². The Labute approximate surface area is 152 Å². The third-order valence-corrected chi connectivity index (χ3v) is 4.26. The summed E-state index contributed by atoms with van der Waals surface area (Å²) in [6.07, 6.45) is 0. The number of hydrogen-bond acceptors (Lipinski definition) is 3. The summed E-state index contributed by atoms with van der Waals surface area (Å²) >= 11 is 0. The highest BCUT2D eigenvalue weighted by Crippen LogP contribution is 2.21. The van der Waals surface area contributed by atoms with Crippen LogP contribution >= 0.6 is 0 Å². The van der Waals surface area contributed by atoms with Gasteiger partial charge in [0.1, 0.15) is 0 Å². The largest absolute Gasteiger partial charge is 0.479 e. The van der Waals surface area contributed by atoms with E-state index in [1.807, 2.05) is 19.9 Å². The summed E-state index contributed by atoms with van der Waals surface area (Å²) in [6.45, 7) is 3.71. The van der Waals surface area contributed by atoms with Crippen LogP contribution < -0.4 is 5.32 Å². The van der Waals surface area contributed by atoms with E-state index in [-0.39, 0.29) is 11.5 Å². The molecule has 0 aromatic heterocycles. The Bertz CT molecular complexity index is 859. The summed E-state index contributed by atoms with van der Waals surface area (Å²) in [5.74, 6) is -1.93. The van der Waals surface area contributed by atoms with Gasteiger partial charge >= 0.3 is 5.97 Å². The monoisotopic (exact) mass is 354 g/mol. The fraction of sp³-hybridized carbons (Fsp3) is 0.250. The third-order valence-electron chi connectivity index (χ3n) is 4.26. The molecule has 0 saturated heterocycles. The molecule has 2 aromatic rings. The number of carboxylic acids is 1. The zero-order chi connectivity index (χ0) is 19.4. The molecule has 0 aliphatic heterocycles. The van der Waals surface area contributed by atoms with Crippen LogP contribution in [0.25, 0.3) is 0 Å². The smallest absolute Gasteiger partial charge is 0.330 e. The van der Waals surface area contributed by atoms with E-state index in [0.717, 1.165) is 11.1 Å². The molecule has 0 radical (unpaired) electrons. The molecule has 0 bridgehead atoms. The van der Waals surface area contributed by atoms with Gasteiger partial charge < -0.3 is 15.3 Å². The second-order valence-corrected chi connectivity index (χ2v) is 6.31. The van der Waals surface area contributed by atoms with Gasteiger partial charge in [-0.2, -0.15) is 0 Å².